The Hall–Kier alpha value is -0.750. The molecule has 1 saturated heterocycles. The summed E-state index contributed by atoms with van der Waals surface area (Å²) in [6.45, 7) is 2.03. The first-order valence-corrected chi connectivity index (χ1v) is 6.07. The molecule has 17 heavy (non-hydrogen) atoms. The summed E-state index contributed by atoms with van der Waals surface area (Å²) in [5, 5.41) is 19.8. The van der Waals surface area contributed by atoms with Crippen LogP contribution in [0.3, 0.4) is 0 Å². The Morgan fingerprint density at radius 3 is 2.82 bits per heavy atom. The molecule has 0 spiro atoms. The summed E-state index contributed by atoms with van der Waals surface area (Å²) in [6.07, 6.45) is -0.961. The number of ether oxygens (including phenoxy) is 2. The quantitative estimate of drug-likeness (QED) is 0.659. The third kappa shape index (κ3) is 1.65. The Balaban J connectivity index is 1.91. The molecule has 3 rings (SSSR count). The smallest absolute Gasteiger partial charge is 0.190 e. The van der Waals surface area contributed by atoms with Crippen molar-refractivity contribution in [3.8, 4) is 0 Å². The van der Waals surface area contributed by atoms with E-state index in [1.807, 2.05) is 6.92 Å². The van der Waals surface area contributed by atoms with Crippen molar-refractivity contribution in [2.45, 2.75) is 56.9 Å². The van der Waals surface area contributed by atoms with Gasteiger partial charge in [0.15, 0.2) is 12.1 Å². The summed E-state index contributed by atoms with van der Waals surface area (Å²) >= 11 is 0. The molecule has 1 fully saturated rings. The summed E-state index contributed by atoms with van der Waals surface area (Å²) in [5.74, 6) is -0.0845. The molecule has 2 aliphatic heterocycles. The zero-order valence-corrected chi connectivity index (χ0v) is 9.63. The van der Waals surface area contributed by atoms with Crippen LogP contribution in [0.25, 0.3) is 0 Å². The summed E-state index contributed by atoms with van der Waals surface area (Å²) in [5.41, 5.74) is 0.842. The lowest BCUT2D eigenvalue weighted by atomic mass is 9.83. The Kier molecular flexibility index (Phi) is 2.59. The van der Waals surface area contributed by atoms with Crippen molar-refractivity contribution < 1.29 is 24.5 Å². The Bertz CT molecular complexity index is 388. The van der Waals surface area contributed by atoms with Gasteiger partial charge in [0.05, 0.1) is 6.10 Å². The predicted octanol–water partition coefficient (Wildman–Crippen LogP) is -0.0986. The molecule has 0 aromatic rings. The second kappa shape index (κ2) is 3.88. The molecular weight excluding hydrogens is 224 g/mol. The van der Waals surface area contributed by atoms with Crippen molar-refractivity contribution in [1.82, 2.24) is 0 Å². The number of carbonyl (C=O) groups excluding carboxylic acids is 1. The third-order valence-electron chi connectivity index (χ3n) is 3.69. The molecule has 0 aromatic carbocycles. The van der Waals surface area contributed by atoms with E-state index < -0.39 is 24.6 Å². The van der Waals surface area contributed by atoms with E-state index in [9.17, 15) is 15.0 Å². The number of fused-ring (bicyclic) bond motifs is 1. The normalized spacial score (nSPS) is 44.4. The van der Waals surface area contributed by atoms with Gasteiger partial charge in [0, 0.05) is 17.6 Å². The van der Waals surface area contributed by atoms with Crippen LogP contribution in [0.1, 0.15) is 26.2 Å². The van der Waals surface area contributed by atoms with Crippen molar-refractivity contribution in [2.75, 3.05) is 0 Å². The molecule has 5 nitrogen and oxygen atoms in total. The monoisotopic (exact) mass is 240 g/mol. The van der Waals surface area contributed by atoms with Crippen LogP contribution >= 0.6 is 0 Å². The van der Waals surface area contributed by atoms with E-state index in [1.54, 1.807) is 0 Å². The van der Waals surface area contributed by atoms with Crippen LogP contribution in [-0.4, -0.2) is 46.7 Å². The summed E-state index contributed by atoms with van der Waals surface area (Å²) < 4.78 is 10.5. The van der Waals surface area contributed by atoms with Gasteiger partial charge in [-0.15, -0.1) is 0 Å². The highest BCUT2D eigenvalue weighted by Gasteiger charge is 2.58. The predicted molar refractivity (Wildman–Crippen MR) is 57.1 cm³/mol. The molecule has 0 bridgehead atoms. The van der Waals surface area contributed by atoms with E-state index in [4.69, 9.17) is 9.47 Å². The molecule has 2 heterocycles. The minimum absolute atomic E-state index is 0.0845. The molecule has 94 valence electrons. The van der Waals surface area contributed by atoms with Crippen LogP contribution in [0.5, 0.6) is 0 Å². The maximum Gasteiger partial charge on any atom is 0.190 e. The van der Waals surface area contributed by atoms with Gasteiger partial charge in [-0.05, 0) is 6.42 Å². The van der Waals surface area contributed by atoms with E-state index in [1.165, 1.54) is 0 Å². The van der Waals surface area contributed by atoms with Crippen LogP contribution in [0.15, 0.2) is 11.1 Å². The van der Waals surface area contributed by atoms with Crippen molar-refractivity contribution in [3.05, 3.63) is 11.1 Å². The maximum absolute atomic E-state index is 12.0. The second-order valence-electron chi connectivity index (χ2n) is 4.87. The van der Waals surface area contributed by atoms with E-state index in [0.717, 1.165) is 12.8 Å². The topological polar surface area (TPSA) is 79.3 Å². The van der Waals surface area contributed by atoms with Gasteiger partial charge in [-0.25, -0.2) is 0 Å². The van der Waals surface area contributed by atoms with E-state index in [0.29, 0.717) is 17.6 Å². The molecule has 0 aromatic heterocycles. The third-order valence-corrected chi connectivity index (χ3v) is 3.69. The fraction of sp³-hybridized carbons (Fsp3) is 0.750. The van der Waals surface area contributed by atoms with Gasteiger partial charge in [0.2, 0.25) is 0 Å². The first kappa shape index (κ1) is 11.3. The van der Waals surface area contributed by atoms with Crippen LogP contribution in [-0.2, 0) is 14.3 Å². The zero-order chi connectivity index (χ0) is 12.2. The van der Waals surface area contributed by atoms with Crippen LogP contribution < -0.4 is 0 Å². The molecule has 5 atom stereocenters. The lowest BCUT2D eigenvalue weighted by molar-refractivity contribution is -0.139. The summed E-state index contributed by atoms with van der Waals surface area (Å²) in [4.78, 5) is 12.0. The standard InChI is InChI=1S/C12H16O5/c1-2-3-5-4-6-7(12(15)16-5)9(14)11-10(17-11)8(6)13/h5,9-12,14-15H,2-4H2,1H3/t5-,9-,10-,11+,12?/m1/s1. The minimum atomic E-state index is -1.17. The van der Waals surface area contributed by atoms with Crippen LogP contribution in [0.2, 0.25) is 0 Å². The SMILES string of the molecule is CCC[C@@H]1CC2=C(C(O)O1)[C@@H](O)[C@@H]1O[C@@H]1C2=O. The fourth-order valence-corrected chi connectivity index (χ4v) is 2.78. The van der Waals surface area contributed by atoms with Gasteiger partial charge in [0.25, 0.3) is 0 Å². The number of epoxide rings is 1. The first-order valence-electron chi connectivity index (χ1n) is 6.07. The molecule has 1 aliphatic carbocycles. The number of aliphatic hydroxyl groups excluding tert-OH is 2. The van der Waals surface area contributed by atoms with Gasteiger partial charge >= 0.3 is 0 Å². The lowest BCUT2D eigenvalue weighted by Gasteiger charge is -2.34. The molecule has 1 unspecified atom stereocenters. The highest BCUT2D eigenvalue weighted by Crippen LogP contribution is 2.43. The molecule has 0 radical (unpaired) electrons. The number of ketones is 1. The summed E-state index contributed by atoms with van der Waals surface area (Å²) in [6, 6.07) is 0. The fourth-order valence-electron chi connectivity index (χ4n) is 2.78. The Morgan fingerprint density at radius 2 is 2.12 bits per heavy atom. The van der Waals surface area contributed by atoms with Crippen LogP contribution in [0.4, 0.5) is 0 Å². The first-order chi connectivity index (χ1) is 8.13. The molecule has 2 N–H and O–H groups in total. The molecular formula is C12H16O5. The van der Waals surface area contributed by atoms with Crippen LogP contribution in [0, 0.1) is 0 Å². The number of carbonyl (C=O) groups is 1. The van der Waals surface area contributed by atoms with Crippen molar-refractivity contribution in [3.63, 3.8) is 0 Å². The molecule has 3 aliphatic rings. The van der Waals surface area contributed by atoms with Gasteiger partial charge in [-0.1, -0.05) is 13.3 Å². The highest BCUT2D eigenvalue weighted by molar-refractivity contribution is 6.03. The minimum Gasteiger partial charge on any atom is -0.386 e. The molecule has 0 saturated carbocycles. The van der Waals surface area contributed by atoms with Gasteiger partial charge < -0.3 is 19.7 Å². The van der Waals surface area contributed by atoms with Gasteiger partial charge in [-0.2, -0.15) is 0 Å². The maximum atomic E-state index is 12.0. The lowest BCUT2D eigenvalue weighted by Crippen LogP contribution is -2.43. The van der Waals surface area contributed by atoms with E-state index in [2.05, 4.69) is 0 Å². The van der Waals surface area contributed by atoms with Gasteiger partial charge in [0.1, 0.15) is 18.3 Å². The van der Waals surface area contributed by atoms with Crippen molar-refractivity contribution >= 4 is 5.78 Å². The number of hydrogen-bond acceptors (Lipinski definition) is 5. The highest BCUT2D eigenvalue weighted by atomic mass is 16.6. The molecule has 0 amide bonds. The molecule has 5 heteroatoms. The number of rotatable bonds is 2. The van der Waals surface area contributed by atoms with E-state index >= 15 is 0 Å². The number of Topliss-reactive ketones (excluding diaryl/α,β-unsaturated/α-hetero) is 1. The Morgan fingerprint density at radius 1 is 1.35 bits per heavy atom. The zero-order valence-electron chi connectivity index (χ0n) is 9.63. The number of aliphatic hydroxyl groups is 2. The summed E-state index contributed by atoms with van der Waals surface area (Å²) in [7, 11) is 0. The average Bonchev–Trinajstić information content (AvgIpc) is 3.06. The van der Waals surface area contributed by atoms with Gasteiger partial charge in [-0.3, -0.25) is 4.79 Å². The van der Waals surface area contributed by atoms with Crippen molar-refractivity contribution in [1.29, 1.82) is 0 Å². The Labute approximate surface area is 99.0 Å². The van der Waals surface area contributed by atoms with Crippen molar-refractivity contribution in [2.24, 2.45) is 0 Å². The number of hydrogen-bond donors (Lipinski definition) is 2. The second-order valence-corrected chi connectivity index (χ2v) is 4.87. The average molecular weight is 240 g/mol. The van der Waals surface area contributed by atoms with E-state index in [-0.39, 0.29) is 11.9 Å². The largest absolute Gasteiger partial charge is 0.386 e.